The molecule has 0 radical (unpaired) electrons. The Morgan fingerprint density at radius 2 is 1.95 bits per heavy atom. The number of nitrogens with zero attached hydrogens (tertiary/aromatic N) is 2. The summed E-state index contributed by atoms with van der Waals surface area (Å²) in [6.45, 7) is 4.55. The van der Waals surface area contributed by atoms with Gasteiger partial charge in [-0.15, -0.1) is 16.8 Å². The van der Waals surface area contributed by atoms with Crippen molar-refractivity contribution in [1.82, 2.24) is 15.5 Å². The first-order chi connectivity index (χ1) is 10.7. The number of rotatable bonds is 7. The number of carbonyl (C=O) groups is 1. The molecule has 0 saturated carbocycles. The van der Waals surface area contributed by atoms with Crippen LogP contribution < -0.4 is 10.6 Å². The highest BCUT2D eigenvalue weighted by Crippen LogP contribution is 2.05. The minimum atomic E-state index is -0.287. The molecule has 114 valence electrons. The van der Waals surface area contributed by atoms with E-state index in [-0.39, 0.29) is 17.4 Å². The second kappa shape index (κ2) is 7.87. The van der Waals surface area contributed by atoms with Gasteiger partial charge in [-0.2, -0.15) is 0 Å². The molecule has 0 fully saturated rings. The Hall–Kier alpha value is -2.76. The van der Waals surface area contributed by atoms with Gasteiger partial charge in [0.15, 0.2) is 5.69 Å². The van der Waals surface area contributed by atoms with E-state index in [1.807, 2.05) is 0 Å². The van der Waals surface area contributed by atoms with Crippen molar-refractivity contribution in [2.45, 2.75) is 6.42 Å². The molecule has 0 spiro atoms. The molecule has 1 heterocycles. The second-order valence-electron chi connectivity index (χ2n) is 4.61. The molecule has 0 bridgehead atoms. The van der Waals surface area contributed by atoms with Crippen LogP contribution in [0.2, 0.25) is 0 Å². The van der Waals surface area contributed by atoms with E-state index in [0.29, 0.717) is 18.9 Å². The van der Waals surface area contributed by atoms with Crippen LogP contribution in [0.5, 0.6) is 0 Å². The summed E-state index contributed by atoms with van der Waals surface area (Å²) in [5.41, 5.74) is 1.29. The molecule has 0 aliphatic heterocycles. The van der Waals surface area contributed by atoms with Gasteiger partial charge >= 0.3 is 0 Å². The lowest BCUT2D eigenvalue weighted by molar-refractivity contribution is 0.0952. The predicted octanol–water partition coefficient (Wildman–Crippen LogP) is 2.19. The molecule has 6 heteroatoms. The fraction of sp³-hybridized carbons (Fsp3) is 0.188. The normalized spacial score (nSPS) is 10.0. The van der Waals surface area contributed by atoms with Crippen molar-refractivity contribution in [1.29, 1.82) is 0 Å². The van der Waals surface area contributed by atoms with Gasteiger partial charge in [-0.3, -0.25) is 4.79 Å². The monoisotopic (exact) mass is 300 g/mol. The number of halogens is 1. The van der Waals surface area contributed by atoms with Gasteiger partial charge in [0.1, 0.15) is 11.6 Å². The number of aromatic nitrogens is 2. The van der Waals surface area contributed by atoms with Crippen molar-refractivity contribution < 1.29 is 9.18 Å². The third-order valence-corrected chi connectivity index (χ3v) is 2.94. The first kappa shape index (κ1) is 15.6. The first-order valence-corrected chi connectivity index (χ1v) is 6.90. The number of benzene rings is 1. The molecule has 0 aliphatic carbocycles. The van der Waals surface area contributed by atoms with Gasteiger partial charge in [0.2, 0.25) is 0 Å². The van der Waals surface area contributed by atoms with Crippen molar-refractivity contribution in [3.8, 4) is 0 Å². The third kappa shape index (κ3) is 4.66. The van der Waals surface area contributed by atoms with Crippen molar-refractivity contribution in [2.24, 2.45) is 0 Å². The molecule has 2 aromatic rings. The fourth-order valence-electron chi connectivity index (χ4n) is 1.79. The molecule has 1 aromatic heterocycles. The smallest absolute Gasteiger partial charge is 0.272 e. The summed E-state index contributed by atoms with van der Waals surface area (Å²) in [5, 5.41) is 13.5. The standard InChI is InChI=1S/C16H17FN4O/c1-2-10-19-16(22)14-7-8-15(21-20-14)18-11-9-12-3-5-13(17)6-4-12/h2-8H,1,9-11H2,(H,18,21)(H,19,22). The lowest BCUT2D eigenvalue weighted by Crippen LogP contribution is -2.24. The molecule has 0 saturated heterocycles. The van der Waals surface area contributed by atoms with Gasteiger partial charge in [-0.05, 0) is 36.2 Å². The Labute approximate surface area is 128 Å². The van der Waals surface area contributed by atoms with Crippen molar-refractivity contribution in [3.63, 3.8) is 0 Å². The lowest BCUT2D eigenvalue weighted by atomic mass is 10.1. The first-order valence-electron chi connectivity index (χ1n) is 6.90. The lowest BCUT2D eigenvalue weighted by Gasteiger charge is -2.06. The summed E-state index contributed by atoms with van der Waals surface area (Å²) in [5.74, 6) is 0.0561. The molecule has 0 unspecified atom stereocenters. The van der Waals surface area contributed by atoms with Gasteiger partial charge in [0.25, 0.3) is 5.91 Å². The molecule has 0 aliphatic rings. The molecule has 2 N–H and O–H groups in total. The Bertz CT molecular complexity index is 626. The molecular weight excluding hydrogens is 283 g/mol. The summed E-state index contributed by atoms with van der Waals surface area (Å²) in [6, 6.07) is 9.66. The van der Waals surface area contributed by atoms with E-state index in [2.05, 4.69) is 27.4 Å². The van der Waals surface area contributed by atoms with Crippen molar-refractivity contribution in [3.05, 3.63) is 66.1 Å². The highest BCUT2D eigenvalue weighted by molar-refractivity contribution is 5.92. The van der Waals surface area contributed by atoms with Crippen LogP contribution in [0.1, 0.15) is 16.1 Å². The van der Waals surface area contributed by atoms with E-state index in [9.17, 15) is 9.18 Å². The quantitative estimate of drug-likeness (QED) is 0.769. The number of carbonyl (C=O) groups excluding carboxylic acids is 1. The molecule has 0 atom stereocenters. The largest absolute Gasteiger partial charge is 0.368 e. The van der Waals surface area contributed by atoms with E-state index >= 15 is 0 Å². The molecule has 2 rings (SSSR count). The Kier molecular flexibility index (Phi) is 5.59. The Morgan fingerprint density at radius 1 is 1.18 bits per heavy atom. The Balaban J connectivity index is 1.82. The van der Waals surface area contributed by atoms with Crippen LogP contribution in [0.25, 0.3) is 0 Å². The zero-order valence-electron chi connectivity index (χ0n) is 12.1. The summed E-state index contributed by atoms with van der Waals surface area (Å²) >= 11 is 0. The maximum atomic E-state index is 12.8. The highest BCUT2D eigenvalue weighted by atomic mass is 19.1. The van der Waals surface area contributed by atoms with Gasteiger partial charge in [0.05, 0.1) is 0 Å². The van der Waals surface area contributed by atoms with Crippen LogP contribution in [0.15, 0.2) is 49.1 Å². The van der Waals surface area contributed by atoms with Gasteiger partial charge in [0, 0.05) is 13.1 Å². The van der Waals surface area contributed by atoms with E-state index in [1.54, 1.807) is 30.3 Å². The fourth-order valence-corrected chi connectivity index (χ4v) is 1.79. The molecule has 1 amide bonds. The number of hydrogen-bond donors (Lipinski definition) is 2. The predicted molar refractivity (Wildman–Crippen MR) is 83.2 cm³/mol. The minimum absolute atomic E-state index is 0.243. The molecular formula is C16H17FN4O. The van der Waals surface area contributed by atoms with Crippen LogP contribution in [0.4, 0.5) is 10.2 Å². The van der Waals surface area contributed by atoms with Crippen molar-refractivity contribution >= 4 is 11.7 Å². The Morgan fingerprint density at radius 3 is 2.59 bits per heavy atom. The highest BCUT2D eigenvalue weighted by Gasteiger charge is 2.06. The van der Waals surface area contributed by atoms with Crippen LogP contribution >= 0.6 is 0 Å². The zero-order chi connectivity index (χ0) is 15.8. The summed E-state index contributed by atoms with van der Waals surface area (Å²) in [4.78, 5) is 11.6. The van der Waals surface area contributed by atoms with Crippen LogP contribution in [0.3, 0.4) is 0 Å². The van der Waals surface area contributed by atoms with Crippen LogP contribution in [-0.4, -0.2) is 29.2 Å². The van der Waals surface area contributed by atoms with Crippen LogP contribution in [0, 0.1) is 5.82 Å². The van der Waals surface area contributed by atoms with E-state index in [1.165, 1.54) is 12.1 Å². The molecule has 1 aromatic carbocycles. The second-order valence-corrected chi connectivity index (χ2v) is 4.61. The van der Waals surface area contributed by atoms with E-state index in [4.69, 9.17) is 0 Å². The number of anilines is 1. The number of amides is 1. The van der Waals surface area contributed by atoms with Crippen molar-refractivity contribution in [2.75, 3.05) is 18.4 Å². The SMILES string of the molecule is C=CCNC(=O)c1ccc(NCCc2ccc(F)cc2)nn1. The van der Waals surface area contributed by atoms with Crippen LogP contribution in [-0.2, 0) is 6.42 Å². The molecule has 22 heavy (non-hydrogen) atoms. The number of hydrogen-bond acceptors (Lipinski definition) is 4. The maximum Gasteiger partial charge on any atom is 0.272 e. The molecule has 5 nitrogen and oxygen atoms in total. The zero-order valence-corrected chi connectivity index (χ0v) is 12.1. The van der Waals surface area contributed by atoms with Gasteiger partial charge < -0.3 is 10.6 Å². The summed E-state index contributed by atoms with van der Waals surface area (Å²) < 4.78 is 12.8. The summed E-state index contributed by atoms with van der Waals surface area (Å²) in [6.07, 6.45) is 2.33. The minimum Gasteiger partial charge on any atom is -0.368 e. The van der Waals surface area contributed by atoms with E-state index < -0.39 is 0 Å². The average Bonchev–Trinajstić information content (AvgIpc) is 2.55. The van der Waals surface area contributed by atoms with Gasteiger partial charge in [-0.1, -0.05) is 18.2 Å². The number of nitrogens with one attached hydrogen (secondary N) is 2. The average molecular weight is 300 g/mol. The summed E-state index contributed by atoms with van der Waals surface area (Å²) in [7, 11) is 0. The topological polar surface area (TPSA) is 66.9 Å². The third-order valence-electron chi connectivity index (χ3n) is 2.94. The van der Waals surface area contributed by atoms with E-state index in [0.717, 1.165) is 12.0 Å². The maximum absolute atomic E-state index is 12.8. The van der Waals surface area contributed by atoms with Gasteiger partial charge in [-0.25, -0.2) is 4.39 Å².